The predicted octanol–water partition coefficient (Wildman–Crippen LogP) is 1.12. The second-order valence-electron chi connectivity index (χ2n) is 5.55. The maximum Gasteiger partial charge on any atom is 0.303 e. The van der Waals surface area contributed by atoms with Crippen molar-refractivity contribution in [2.45, 2.75) is 58.0 Å². The smallest absolute Gasteiger partial charge is 0.303 e. The molecule has 0 aliphatic heterocycles. The lowest BCUT2D eigenvalue weighted by Gasteiger charge is -2.33. The van der Waals surface area contributed by atoms with Gasteiger partial charge in [-0.2, -0.15) is 0 Å². The van der Waals surface area contributed by atoms with Crippen molar-refractivity contribution in [2.75, 3.05) is 0 Å². The monoisotopic (exact) mass is 256 g/mol. The van der Waals surface area contributed by atoms with E-state index < -0.39 is 12.0 Å². The van der Waals surface area contributed by atoms with Gasteiger partial charge in [-0.3, -0.25) is 9.59 Å². The van der Waals surface area contributed by atoms with Crippen molar-refractivity contribution >= 4 is 11.9 Å². The Morgan fingerprint density at radius 2 is 2.06 bits per heavy atom. The van der Waals surface area contributed by atoms with Crippen LogP contribution in [0.5, 0.6) is 0 Å². The van der Waals surface area contributed by atoms with Gasteiger partial charge in [-0.05, 0) is 37.5 Å². The fourth-order valence-corrected chi connectivity index (χ4v) is 2.58. The summed E-state index contributed by atoms with van der Waals surface area (Å²) in [6.07, 6.45) is 3.36. The standard InChI is InChI=1S/C13H24N2O3/c1-8-3-5-11(9(2)7-8)15-13(18)10(14)4-6-12(16)17/h8-11H,3-7,14H2,1-2H3,(H,15,18)(H,16,17). The summed E-state index contributed by atoms with van der Waals surface area (Å²) >= 11 is 0. The van der Waals surface area contributed by atoms with Gasteiger partial charge in [0, 0.05) is 12.5 Å². The minimum absolute atomic E-state index is 0.0636. The zero-order valence-electron chi connectivity index (χ0n) is 11.2. The van der Waals surface area contributed by atoms with Gasteiger partial charge in [0.2, 0.25) is 5.91 Å². The van der Waals surface area contributed by atoms with Crippen molar-refractivity contribution in [1.29, 1.82) is 0 Å². The van der Waals surface area contributed by atoms with Gasteiger partial charge in [0.1, 0.15) is 0 Å². The number of carbonyl (C=O) groups excluding carboxylic acids is 1. The van der Waals surface area contributed by atoms with Crippen LogP contribution in [0.2, 0.25) is 0 Å². The molecule has 4 N–H and O–H groups in total. The lowest BCUT2D eigenvalue weighted by atomic mass is 9.80. The molecule has 18 heavy (non-hydrogen) atoms. The Kier molecular flexibility index (Phi) is 5.59. The van der Waals surface area contributed by atoms with Crippen molar-refractivity contribution in [3.8, 4) is 0 Å². The summed E-state index contributed by atoms with van der Waals surface area (Å²) < 4.78 is 0. The first-order chi connectivity index (χ1) is 8.40. The molecule has 1 aliphatic rings. The predicted molar refractivity (Wildman–Crippen MR) is 69.0 cm³/mol. The molecular formula is C13H24N2O3. The first-order valence-corrected chi connectivity index (χ1v) is 6.68. The van der Waals surface area contributed by atoms with Crippen LogP contribution in [0.1, 0.15) is 46.0 Å². The lowest BCUT2D eigenvalue weighted by Crippen LogP contribution is -2.49. The number of nitrogens with two attached hydrogens (primary N) is 1. The van der Waals surface area contributed by atoms with Gasteiger partial charge < -0.3 is 16.2 Å². The second kappa shape index (κ2) is 6.73. The summed E-state index contributed by atoms with van der Waals surface area (Å²) in [4.78, 5) is 22.2. The van der Waals surface area contributed by atoms with E-state index in [1.54, 1.807) is 0 Å². The van der Waals surface area contributed by atoms with E-state index in [0.717, 1.165) is 19.3 Å². The van der Waals surface area contributed by atoms with E-state index in [2.05, 4.69) is 19.2 Å². The molecule has 1 rings (SSSR count). The minimum Gasteiger partial charge on any atom is -0.481 e. The van der Waals surface area contributed by atoms with Gasteiger partial charge in [-0.1, -0.05) is 13.8 Å². The van der Waals surface area contributed by atoms with Crippen LogP contribution in [0.3, 0.4) is 0 Å². The van der Waals surface area contributed by atoms with E-state index in [-0.39, 0.29) is 24.8 Å². The number of rotatable bonds is 5. The topological polar surface area (TPSA) is 92.4 Å². The molecule has 5 heteroatoms. The van der Waals surface area contributed by atoms with Gasteiger partial charge in [-0.15, -0.1) is 0 Å². The van der Waals surface area contributed by atoms with Gasteiger partial charge in [0.15, 0.2) is 0 Å². The van der Waals surface area contributed by atoms with Crippen LogP contribution < -0.4 is 11.1 Å². The number of nitrogens with one attached hydrogen (secondary N) is 1. The molecule has 0 spiro atoms. The van der Waals surface area contributed by atoms with E-state index in [0.29, 0.717) is 11.8 Å². The molecule has 0 heterocycles. The quantitative estimate of drug-likeness (QED) is 0.687. The molecular weight excluding hydrogens is 232 g/mol. The summed E-state index contributed by atoms with van der Waals surface area (Å²) in [5.41, 5.74) is 5.68. The van der Waals surface area contributed by atoms with E-state index in [4.69, 9.17) is 10.8 Å². The number of carbonyl (C=O) groups is 2. The van der Waals surface area contributed by atoms with Gasteiger partial charge in [0.25, 0.3) is 0 Å². The number of carboxylic acids is 1. The van der Waals surface area contributed by atoms with Gasteiger partial charge >= 0.3 is 5.97 Å². The molecule has 4 atom stereocenters. The zero-order chi connectivity index (χ0) is 13.7. The van der Waals surface area contributed by atoms with Crippen LogP contribution in [0, 0.1) is 11.8 Å². The van der Waals surface area contributed by atoms with E-state index >= 15 is 0 Å². The molecule has 1 amide bonds. The van der Waals surface area contributed by atoms with Crippen molar-refractivity contribution in [1.82, 2.24) is 5.32 Å². The summed E-state index contributed by atoms with van der Waals surface area (Å²) in [5.74, 6) is 0.0407. The molecule has 0 saturated heterocycles. The molecule has 1 saturated carbocycles. The zero-order valence-corrected chi connectivity index (χ0v) is 11.2. The number of carboxylic acid groups (broad SMARTS) is 1. The molecule has 4 unspecified atom stereocenters. The Bertz CT molecular complexity index is 307. The van der Waals surface area contributed by atoms with Crippen molar-refractivity contribution in [3.05, 3.63) is 0 Å². The highest BCUT2D eigenvalue weighted by Gasteiger charge is 2.27. The van der Waals surface area contributed by atoms with Gasteiger partial charge in [0.05, 0.1) is 6.04 Å². The number of hydrogen-bond donors (Lipinski definition) is 3. The summed E-state index contributed by atoms with van der Waals surface area (Å²) in [6, 6.07) is -0.530. The Morgan fingerprint density at radius 3 is 2.61 bits per heavy atom. The average molecular weight is 256 g/mol. The van der Waals surface area contributed by atoms with Gasteiger partial charge in [-0.25, -0.2) is 0 Å². The molecule has 104 valence electrons. The van der Waals surface area contributed by atoms with Crippen molar-refractivity contribution < 1.29 is 14.7 Å². The fraction of sp³-hybridized carbons (Fsp3) is 0.846. The molecule has 0 radical (unpaired) electrons. The van der Waals surface area contributed by atoms with Crippen LogP contribution in [-0.4, -0.2) is 29.1 Å². The average Bonchev–Trinajstić information content (AvgIpc) is 2.29. The maximum absolute atomic E-state index is 11.8. The number of amides is 1. The highest BCUT2D eigenvalue weighted by atomic mass is 16.4. The molecule has 5 nitrogen and oxygen atoms in total. The molecule has 0 aromatic carbocycles. The highest BCUT2D eigenvalue weighted by Crippen LogP contribution is 2.28. The Hall–Kier alpha value is -1.10. The van der Waals surface area contributed by atoms with Crippen molar-refractivity contribution in [3.63, 3.8) is 0 Å². The summed E-state index contributed by atoms with van der Waals surface area (Å²) in [7, 11) is 0. The largest absolute Gasteiger partial charge is 0.481 e. The molecule has 1 fully saturated rings. The van der Waals surface area contributed by atoms with E-state index in [1.807, 2.05) is 0 Å². The van der Waals surface area contributed by atoms with Crippen LogP contribution >= 0.6 is 0 Å². The molecule has 0 aromatic rings. The molecule has 1 aliphatic carbocycles. The fourth-order valence-electron chi connectivity index (χ4n) is 2.58. The van der Waals surface area contributed by atoms with E-state index in [1.165, 1.54) is 0 Å². The molecule has 0 bridgehead atoms. The summed E-state index contributed by atoms with van der Waals surface area (Å²) in [6.45, 7) is 4.37. The second-order valence-corrected chi connectivity index (χ2v) is 5.55. The Balaban J connectivity index is 2.37. The first-order valence-electron chi connectivity index (χ1n) is 6.68. The lowest BCUT2D eigenvalue weighted by molar-refractivity contribution is -0.137. The third kappa shape index (κ3) is 4.64. The Labute approximate surface area is 108 Å². The maximum atomic E-state index is 11.8. The van der Waals surface area contributed by atoms with Crippen LogP contribution in [0.4, 0.5) is 0 Å². The van der Waals surface area contributed by atoms with Crippen molar-refractivity contribution in [2.24, 2.45) is 17.6 Å². The third-order valence-electron chi connectivity index (χ3n) is 3.77. The number of hydrogen-bond acceptors (Lipinski definition) is 3. The Morgan fingerprint density at radius 1 is 1.39 bits per heavy atom. The highest BCUT2D eigenvalue weighted by molar-refractivity contribution is 5.82. The minimum atomic E-state index is -0.918. The van der Waals surface area contributed by atoms with Crippen LogP contribution in [-0.2, 0) is 9.59 Å². The van der Waals surface area contributed by atoms with E-state index in [9.17, 15) is 9.59 Å². The third-order valence-corrected chi connectivity index (χ3v) is 3.77. The normalized spacial score (nSPS) is 29.6. The van der Waals surface area contributed by atoms with Crippen LogP contribution in [0.15, 0.2) is 0 Å². The SMILES string of the molecule is CC1CCC(NC(=O)C(N)CCC(=O)O)C(C)C1. The first kappa shape index (κ1) is 15.0. The summed E-state index contributed by atoms with van der Waals surface area (Å²) in [5, 5.41) is 11.5. The molecule has 0 aromatic heterocycles. The number of aliphatic carboxylic acids is 1. The van der Waals surface area contributed by atoms with Crippen LogP contribution in [0.25, 0.3) is 0 Å².